The Morgan fingerprint density at radius 3 is 2.50 bits per heavy atom. The van der Waals surface area contributed by atoms with Crippen molar-refractivity contribution in [2.24, 2.45) is 5.92 Å². The molecule has 1 rings (SSSR count). The fourth-order valence-electron chi connectivity index (χ4n) is 2.24. The molecule has 0 aromatic heterocycles. The Balaban J connectivity index is 2.16. The van der Waals surface area contributed by atoms with Crippen molar-refractivity contribution in [1.82, 2.24) is 4.90 Å². The Kier molecular flexibility index (Phi) is 6.70. The summed E-state index contributed by atoms with van der Waals surface area (Å²) in [5.41, 5.74) is 0. The standard InChI is InChI=1S/C12H25NS/c1-2-3-7-12(11-14)10-13-8-5-4-6-9-13/h12,14H,2-11H2,1H3. The molecule has 0 amide bonds. The highest BCUT2D eigenvalue weighted by atomic mass is 32.1. The summed E-state index contributed by atoms with van der Waals surface area (Å²) < 4.78 is 0. The van der Waals surface area contributed by atoms with Crippen LogP contribution in [0.25, 0.3) is 0 Å². The van der Waals surface area contributed by atoms with Crippen molar-refractivity contribution < 1.29 is 0 Å². The van der Waals surface area contributed by atoms with Crippen LogP contribution >= 0.6 is 12.6 Å². The van der Waals surface area contributed by atoms with Gasteiger partial charge in [0.05, 0.1) is 0 Å². The number of hydrogen-bond donors (Lipinski definition) is 1. The van der Waals surface area contributed by atoms with Gasteiger partial charge in [0, 0.05) is 6.54 Å². The Hall–Kier alpha value is 0.310. The van der Waals surface area contributed by atoms with Crippen LogP contribution in [0, 0.1) is 5.92 Å². The number of thiol groups is 1. The molecule has 0 aromatic carbocycles. The third kappa shape index (κ3) is 4.70. The van der Waals surface area contributed by atoms with E-state index in [2.05, 4.69) is 24.5 Å². The summed E-state index contributed by atoms with van der Waals surface area (Å²) in [6, 6.07) is 0. The molecule has 1 heterocycles. The number of piperidine rings is 1. The van der Waals surface area contributed by atoms with Crippen LogP contribution in [0.1, 0.15) is 45.4 Å². The van der Waals surface area contributed by atoms with Crippen molar-refractivity contribution in [3.8, 4) is 0 Å². The van der Waals surface area contributed by atoms with Crippen LogP contribution in [0.3, 0.4) is 0 Å². The zero-order chi connectivity index (χ0) is 10.2. The highest BCUT2D eigenvalue weighted by molar-refractivity contribution is 7.80. The number of hydrogen-bond acceptors (Lipinski definition) is 2. The van der Waals surface area contributed by atoms with Gasteiger partial charge in [0.25, 0.3) is 0 Å². The van der Waals surface area contributed by atoms with Crippen molar-refractivity contribution in [2.75, 3.05) is 25.4 Å². The molecule has 1 atom stereocenters. The molecule has 1 nitrogen and oxygen atoms in total. The minimum atomic E-state index is 0.830. The van der Waals surface area contributed by atoms with Gasteiger partial charge in [-0.2, -0.15) is 12.6 Å². The van der Waals surface area contributed by atoms with Gasteiger partial charge >= 0.3 is 0 Å². The molecule has 84 valence electrons. The van der Waals surface area contributed by atoms with Gasteiger partial charge in [0.1, 0.15) is 0 Å². The second-order valence-corrected chi connectivity index (χ2v) is 4.92. The maximum atomic E-state index is 4.46. The third-order valence-corrected chi connectivity index (χ3v) is 3.71. The quantitative estimate of drug-likeness (QED) is 0.666. The summed E-state index contributed by atoms with van der Waals surface area (Å²) in [5, 5.41) is 0. The number of rotatable bonds is 6. The normalized spacial score (nSPS) is 21.0. The van der Waals surface area contributed by atoms with Gasteiger partial charge in [-0.05, 0) is 44.0 Å². The maximum Gasteiger partial charge on any atom is 0.00175 e. The largest absolute Gasteiger partial charge is 0.303 e. The van der Waals surface area contributed by atoms with E-state index >= 15 is 0 Å². The molecule has 1 unspecified atom stereocenters. The molecule has 1 aliphatic rings. The smallest absolute Gasteiger partial charge is 0.00175 e. The lowest BCUT2D eigenvalue weighted by Crippen LogP contribution is -2.34. The summed E-state index contributed by atoms with van der Waals surface area (Å²) in [4.78, 5) is 2.64. The predicted molar refractivity (Wildman–Crippen MR) is 67.2 cm³/mol. The van der Waals surface area contributed by atoms with Crippen LogP contribution in [0.4, 0.5) is 0 Å². The molecular formula is C12H25NS. The Labute approximate surface area is 94.7 Å². The lowest BCUT2D eigenvalue weighted by Gasteiger charge is -2.29. The number of unbranched alkanes of at least 4 members (excludes halogenated alkanes) is 1. The first-order valence-corrected chi connectivity index (χ1v) is 6.83. The first kappa shape index (κ1) is 12.4. The molecule has 1 fully saturated rings. The molecule has 1 aliphatic heterocycles. The van der Waals surface area contributed by atoms with E-state index in [4.69, 9.17) is 0 Å². The highest BCUT2D eigenvalue weighted by Gasteiger charge is 2.14. The first-order chi connectivity index (χ1) is 6.86. The van der Waals surface area contributed by atoms with E-state index in [1.54, 1.807) is 0 Å². The Morgan fingerprint density at radius 2 is 1.93 bits per heavy atom. The predicted octanol–water partition coefficient (Wildman–Crippen LogP) is 3.21. The van der Waals surface area contributed by atoms with Gasteiger partial charge in [0.15, 0.2) is 0 Å². The molecule has 0 saturated carbocycles. The molecule has 0 aliphatic carbocycles. The molecule has 1 saturated heterocycles. The van der Waals surface area contributed by atoms with E-state index in [9.17, 15) is 0 Å². The fourth-order valence-corrected chi connectivity index (χ4v) is 2.54. The molecule has 14 heavy (non-hydrogen) atoms. The van der Waals surface area contributed by atoms with Gasteiger partial charge < -0.3 is 4.90 Å². The molecule has 0 radical (unpaired) electrons. The first-order valence-electron chi connectivity index (χ1n) is 6.20. The van der Waals surface area contributed by atoms with Crippen molar-refractivity contribution >= 4 is 12.6 Å². The lowest BCUT2D eigenvalue weighted by atomic mass is 10.0. The number of nitrogens with zero attached hydrogens (tertiary/aromatic N) is 1. The van der Waals surface area contributed by atoms with Crippen LogP contribution < -0.4 is 0 Å². The summed E-state index contributed by atoms with van der Waals surface area (Å²) >= 11 is 4.46. The highest BCUT2D eigenvalue weighted by Crippen LogP contribution is 2.15. The van der Waals surface area contributed by atoms with E-state index in [0.29, 0.717) is 0 Å². The Bertz CT molecular complexity index is 132. The zero-order valence-electron chi connectivity index (χ0n) is 9.54. The van der Waals surface area contributed by atoms with E-state index in [1.165, 1.54) is 58.2 Å². The van der Waals surface area contributed by atoms with E-state index in [0.717, 1.165) is 11.7 Å². The van der Waals surface area contributed by atoms with Gasteiger partial charge in [-0.15, -0.1) is 0 Å². The summed E-state index contributed by atoms with van der Waals surface area (Å²) in [6.07, 6.45) is 8.33. The van der Waals surface area contributed by atoms with E-state index in [-0.39, 0.29) is 0 Å². The number of likely N-dealkylation sites (tertiary alicyclic amines) is 1. The second kappa shape index (κ2) is 7.58. The second-order valence-electron chi connectivity index (χ2n) is 4.55. The van der Waals surface area contributed by atoms with Gasteiger partial charge in [0.2, 0.25) is 0 Å². The average Bonchev–Trinajstić information content (AvgIpc) is 2.25. The topological polar surface area (TPSA) is 3.24 Å². The SMILES string of the molecule is CCCCC(CS)CN1CCCCC1. The van der Waals surface area contributed by atoms with Crippen LogP contribution in [0.15, 0.2) is 0 Å². The maximum absolute atomic E-state index is 4.46. The van der Waals surface area contributed by atoms with Crippen LogP contribution in [0.5, 0.6) is 0 Å². The Morgan fingerprint density at radius 1 is 1.21 bits per heavy atom. The van der Waals surface area contributed by atoms with E-state index < -0.39 is 0 Å². The molecule has 0 bridgehead atoms. The minimum Gasteiger partial charge on any atom is -0.303 e. The molecular weight excluding hydrogens is 190 g/mol. The van der Waals surface area contributed by atoms with Gasteiger partial charge in [-0.25, -0.2) is 0 Å². The minimum absolute atomic E-state index is 0.830. The van der Waals surface area contributed by atoms with E-state index in [1.807, 2.05) is 0 Å². The summed E-state index contributed by atoms with van der Waals surface area (Å²) in [5.74, 6) is 1.90. The van der Waals surface area contributed by atoms with Crippen LogP contribution in [0.2, 0.25) is 0 Å². The zero-order valence-corrected chi connectivity index (χ0v) is 10.4. The summed E-state index contributed by atoms with van der Waals surface area (Å²) in [6.45, 7) is 6.23. The van der Waals surface area contributed by atoms with Gasteiger partial charge in [-0.3, -0.25) is 0 Å². The monoisotopic (exact) mass is 215 g/mol. The lowest BCUT2D eigenvalue weighted by molar-refractivity contribution is 0.197. The summed E-state index contributed by atoms with van der Waals surface area (Å²) in [7, 11) is 0. The molecule has 0 aromatic rings. The van der Waals surface area contributed by atoms with Crippen molar-refractivity contribution in [3.63, 3.8) is 0 Å². The van der Waals surface area contributed by atoms with Gasteiger partial charge in [-0.1, -0.05) is 26.2 Å². The average molecular weight is 215 g/mol. The van der Waals surface area contributed by atoms with Crippen LogP contribution in [-0.4, -0.2) is 30.3 Å². The van der Waals surface area contributed by atoms with Crippen molar-refractivity contribution in [2.45, 2.75) is 45.4 Å². The molecule has 0 N–H and O–H groups in total. The molecule has 2 heteroatoms. The third-order valence-electron chi connectivity index (χ3n) is 3.19. The van der Waals surface area contributed by atoms with Crippen molar-refractivity contribution in [1.29, 1.82) is 0 Å². The molecule has 0 spiro atoms. The van der Waals surface area contributed by atoms with Crippen molar-refractivity contribution in [3.05, 3.63) is 0 Å². The fraction of sp³-hybridized carbons (Fsp3) is 1.00. The van der Waals surface area contributed by atoms with Crippen LogP contribution in [-0.2, 0) is 0 Å².